The minimum atomic E-state index is -3.30. The maximum Gasteiger partial charge on any atom is 0.232 e. The average Bonchev–Trinajstić information content (AvgIpc) is 2.67. The van der Waals surface area contributed by atoms with Crippen molar-refractivity contribution in [2.75, 3.05) is 31.2 Å². The molecule has 27 heavy (non-hydrogen) atoms. The third-order valence-electron chi connectivity index (χ3n) is 4.04. The van der Waals surface area contributed by atoms with Gasteiger partial charge in [-0.25, -0.2) is 8.42 Å². The second kappa shape index (κ2) is 9.59. The topological polar surface area (TPSA) is 96.9 Å². The fourth-order valence-corrected chi connectivity index (χ4v) is 3.16. The van der Waals surface area contributed by atoms with Crippen LogP contribution in [0.25, 0.3) is 0 Å². The van der Waals surface area contributed by atoms with Crippen molar-refractivity contribution < 1.29 is 23.0 Å². The first kappa shape index (κ1) is 21.0. The van der Waals surface area contributed by atoms with Crippen LogP contribution in [0.4, 0.5) is 5.69 Å². The van der Waals surface area contributed by atoms with Crippen LogP contribution in [0.1, 0.15) is 24.2 Å². The quantitative estimate of drug-likeness (QED) is 0.572. The molecule has 0 aliphatic rings. The standard InChI is InChI=1S/C19H26N2O5S/c1-4-27(23,24)21-16-7-5-6-14(10-16)12-20-13-17(22)15-8-9-18(25-2)19(11-15)26-3/h5-11,17,20-22H,4,12-13H2,1-3H3. The summed E-state index contributed by atoms with van der Waals surface area (Å²) >= 11 is 0. The molecule has 1 atom stereocenters. The maximum atomic E-state index is 11.7. The second-order valence-electron chi connectivity index (χ2n) is 5.97. The number of anilines is 1. The van der Waals surface area contributed by atoms with E-state index >= 15 is 0 Å². The Bertz CT molecular complexity index is 855. The van der Waals surface area contributed by atoms with Gasteiger partial charge in [0, 0.05) is 18.8 Å². The molecule has 0 aliphatic heterocycles. The molecule has 3 N–H and O–H groups in total. The van der Waals surface area contributed by atoms with E-state index in [0.29, 0.717) is 35.8 Å². The van der Waals surface area contributed by atoms with Crippen LogP contribution in [-0.4, -0.2) is 40.0 Å². The van der Waals surface area contributed by atoms with Crippen molar-refractivity contribution in [1.82, 2.24) is 5.32 Å². The SMILES string of the molecule is CCS(=O)(=O)Nc1cccc(CNCC(O)c2ccc(OC)c(OC)c2)c1. The molecule has 2 aromatic rings. The van der Waals surface area contributed by atoms with Gasteiger partial charge in [-0.15, -0.1) is 0 Å². The van der Waals surface area contributed by atoms with E-state index < -0.39 is 16.1 Å². The summed E-state index contributed by atoms with van der Waals surface area (Å²) in [5.74, 6) is 1.19. The molecule has 0 saturated carbocycles. The first-order valence-electron chi connectivity index (χ1n) is 8.58. The Balaban J connectivity index is 1.94. The number of methoxy groups -OCH3 is 2. The molecule has 0 bridgehead atoms. The van der Waals surface area contributed by atoms with Crippen molar-refractivity contribution in [2.24, 2.45) is 0 Å². The average molecular weight is 394 g/mol. The van der Waals surface area contributed by atoms with E-state index in [9.17, 15) is 13.5 Å². The van der Waals surface area contributed by atoms with Gasteiger partial charge in [-0.1, -0.05) is 18.2 Å². The highest BCUT2D eigenvalue weighted by Crippen LogP contribution is 2.29. The molecule has 148 valence electrons. The van der Waals surface area contributed by atoms with E-state index in [-0.39, 0.29) is 5.75 Å². The van der Waals surface area contributed by atoms with Crippen molar-refractivity contribution in [2.45, 2.75) is 19.6 Å². The van der Waals surface area contributed by atoms with Gasteiger partial charge in [-0.3, -0.25) is 4.72 Å². The van der Waals surface area contributed by atoms with Gasteiger partial charge in [0.2, 0.25) is 10.0 Å². The lowest BCUT2D eigenvalue weighted by molar-refractivity contribution is 0.174. The Kier molecular flexibility index (Phi) is 7.46. The number of hydrogen-bond donors (Lipinski definition) is 3. The Morgan fingerprint density at radius 3 is 2.48 bits per heavy atom. The predicted octanol–water partition coefficient (Wildman–Crippen LogP) is 2.29. The summed E-state index contributed by atoms with van der Waals surface area (Å²) in [5.41, 5.74) is 2.15. The van der Waals surface area contributed by atoms with Crippen molar-refractivity contribution in [3.63, 3.8) is 0 Å². The van der Waals surface area contributed by atoms with Crippen LogP contribution in [0.5, 0.6) is 11.5 Å². The smallest absolute Gasteiger partial charge is 0.232 e. The minimum absolute atomic E-state index is 0.0208. The van der Waals surface area contributed by atoms with E-state index in [0.717, 1.165) is 5.56 Å². The number of sulfonamides is 1. The number of benzene rings is 2. The second-order valence-corrected chi connectivity index (χ2v) is 7.98. The summed E-state index contributed by atoms with van der Waals surface area (Å²) < 4.78 is 36.3. The van der Waals surface area contributed by atoms with Gasteiger partial charge < -0.3 is 19.9 Å². The molecule has 0 aromatic heterocycles. The normalized spacial score (nSPS) is 12.4. The Hall–Kier alpha value is -2.29. The molecule has 0 amide bonds. The zero-order valence-corrected chi connectivity index (χ0v) is 16.5. The monoisotopic (exact) mass is 394 g/mol. The summed E-state index contributed by atoms with van der Waals surface area (Å²) in [7, 11) is -0.197. The van der Waals surface area contributed by atoms with Crippen molar-refractivity contribution in [1.29, 1.82) is 0 Å². The third kappa shape index (κ3) is 6.13. The highest BCUT2D eigenvalue weighted by Gasteiger charge is 2.12. The lowest BCUT2D eigenvalue weighted by atomic mass is 10.1. The highest BCUT2D eigenvalue weighted by molar-refractivity contribution is 7.92. The molecular formula is C19H26N2O5S. The molecular weight excluding hydrogens is 368 g/mol. The van der Waals surface area contributed by atoms with Crippen LogP contribution in [0.15, 0.2) is 42.5 Å². The van der Waals surface area contributed by atoms with Gasteiger partial charge in [-0.05, 0) is 42.3 Å². The number of rotatable bonds is 10. The third-order valence-corrected chi connectivity index (χ3v) is 5.35. The molecule has 2 rings (SSSR count). The lowest BCUT2D eigenvalue weighted by Crippen LogP contribution is -2.21. The number of nitrogens with one attached hydrogen (secondary N) is 2. The fraction of sp³-hybridized carbons (Fsp3) is 0.368. The molecule has 0 heterocycles. The maximum absolute atomic E-state index is 11.7. The van der Waals surface area contributed by atoms with Crippen molar-refractivity contribution in [3.8, 4) is 11.5 Å². The van der Waals surface area contributed by atoms with Crippen molar-refractivity contribution >= 4 is 15.7 Å². The molecule has 0 fully saturated rings. The predicted molar refractivity (Wildman–Crippen MR) is 106 cm³/mol. The summed E-state index contributed by atoms with van der Waals surface area (Å²) in [6.07, 6.45) is -0.716. The van der Waals surface area contributed by atoms with E-state index in [4.69, 9.17) is 9.47 Å². The van der Waals surface area contributed by atoms with Gasteiger partial charge in [-0.2, -0.15) is 0 Å². The van der Waals surface area contributed by atoms with E-state index in [2.05, 4.69) is 10.0 Å². The van der Waals surface area contributed by atoms with Crippen LogP contribution >= 0.6 is 0 Å². The fourth-order valence-electron chi connectivity index (χ4n) is 2.53. The molecule has 2 aromatic carbocycles. The zero-order valence-electron chi connectivity index (χ0n) is 15.7. The Labute approximate surface area is 160 Å². The number of aliphatic hydroxyl groups is 1. The van der Waals surface area contributed by atoms with Gasteiger partial charge in [0.15, 0.2) is 11.5 Å². The van der Waals surface area contributed by atoms with Gasteiger partial charge in [0.25, 0.3) is 0 Å². The molecule has 1 unspecified atom stereocenters. The molecule has 7 nitrogen and oxygen atoms in total. The molecule has 0 saturated heterocycles. The van der Waals surface area contributed by atoms with Crippen LogP contribution in [-0.2, 0) is 16.6 Å². The van der Waals surface area contributed by atoms with Crippen LogP contribution < -0.4 is 19.5 Å². The summed E-state index contributed by atoms with van der Waals surface area (Å²) in [5, 5.41) is 13.5. The van der Waals surface area contributed by atoms with Gasteiger partial charge in [0.1, 0.15) is 0 Å². The van der Waals surface area contributed by atoms with E-state index in [1.165, 1.54) is 0 Å². The lowest BCUT2D eigenvalue weighted by Gasteiger charge is -2.15. The number of aliphatic hydroxyl groups excluding tert-OH is 1. The van der Waals surface area contributed by atoms with E-state index in [1.54, 1.807) is 57.5 Å². The number of hydrogen-bond acceptors (Lipinski definition) is 6. The largest absolute Gasteiger partial charge is 0.493 e. The summed E-state index contributed by atoms with van der Waals surface area (Å²) in [6.45, 7) is 2.41. The molecule has 0 radical (unpaired) electrons. The van der Waals surface area contributed by atoms with Gasteiger partial charge >= 0.3 is 0 Å². The molecule has 0 aliphatic carbocycles. The summed E-state index contributed by atoms with van der Waals surface area (Å²) in [4.78, 5) is 0. The highest BCUT2D eigenvalue weighted by atomic mass is 32.2. The Morgan fingerprint density at radius 1 is 1.07 bits per heavy atom. The number of ether oxygens (including phenoxy) is 2. The van der Waals surface area contributed by atoms with Gasteiger partial charge in [0.05, 0.1) is 26.1 Å². The van der Waals surface area contributed by atoms with Crippen LogP contribution in [0.2, 0.25) is 0 Å². The molecule has 8 heteroatoms. The first-order valence-corrected chi connectivity index (χ1v) is 10.2. The Morgan fingerprint density at radius 2 is 1.81 bits per heavy atom. The van der Waals surface area contributed by atoms with E-state index in [1.807, 2.05) is 6.07 Å². The first-order chi connectivity index (χ1) is 12.9. The van der Waals surface area contributed by atoms with Crippen molar-refractivity contribution in [3.05, 3.63) is 53.6 Å². The molecule has 0 spiro atoms. The minimum Gasteiger partial charge on any atom is -0.493 e. The van der Waals surface area contributed by atoms with Crippen LogP contribution in [0.3, 0.4) is 0 Å². The zero-order chi connectivity index (χ0) is 19.9. The van der Waals surface area contributed by atoms with Crippen LogP contribution in [0, 0.1) is 0 Å². The summed E-state index contributed by atoms with van der Waals surface area (Å²) in [6, 6.07) is 12.4.